The van der Waals surface area contributed by atoms with E-state index < -0.39 is 15.4 Å². The fourth-order valence-corrected chi connectivity index (χ4v) is 3.81. The van der Waals surface area contributed by atoms with E-state index in [0.29, 0.717) is 4.87 Å². The molecule has 82 valence electrons. The van der Waals surface area contributed by atoms with Crippen molar-refractivity contribution in [3.63, 3.8) is 0 Å². The number of alkyl halides is 1. The molecule has 6 nitrogen and oxygen atoms in total. The average molecular weight is 243 g/mol. The quantitative estimate of drug-likeness (QED) is 0.398. The molecule has 14 heavy (non-hydrogen) atoms. The zero-order chi connectivity index (χ0) is 11.1. The van der Waals surface area contributed by atoms with Crippen LogP contribution in [0.5, 0.6) is 0 Å². The molecular weight excluding hydrogens is 230 g/mol. The molecule has 1 heterocycles. The predicted octanol–water partition coefficient (Wildman–Crippen LogP) is 0.351. The Balaban J connectivity index is 3.18. The van der Waals surface area contributed by atoms with Crippen LogP contribution >= 0.6 is 11.6 Å². The first-order valence-corrected chi connectivity index (χ1v) is 6.15. The van der Waals surface area contributed by atoms with Crippen LogP contribution in [0.4, 0.5) is 0 Å². The van der Waals surface area contributed by atoms with Gasteiger partial charge < -0.3 is 0 Å². The maximum Gasteiger partial charge on any atom is 0.350 e. The van der Waals surface area contributed by atoms with Crippen molar-refractivity contribution in [2.45, 2.75) is 19.2 Å². The molecule has 0 N–H and O–H groups in total. The average Bonchev–Trinajstić information content (AvgIpc) is 2.18. The van der Waals surface area contributed by atoms with Crippen molar-refractivity contribution in [2.75, 3.05) is 13.1 Å². The number of halogens is 1. The van der Waals surface area contributed by atoms with Crippen molar-refractivity contribution in [3.8, 4) is 0 Å². The maximum atomic E-state index is 11.7. The molecule has 1 aliphatic heterocycles. The zero-order valence-electron chi connectivity index (χ0n) is 8.21. The number of nitroso groups, excluding NO2 is 1. The van der Waals surface area contributed by atoms with Crippen LogP contribution in [0.2, 0.25) is 0 Å². The minimum Gasteiger partial charge on any atom is -0.203 e. The fraction of sp³-hybridized carbons (Fsp3) is 1.00. The second kappa shape index (κ2) is 3.63. The molecule has 1 aliphatic rings. The molecule has 0 aliphatic carbocycles. The summed E-state index contributed by atoms with van der Waals surface area (Å²) in [4.78, 5) is 11.9. The zero-order valence-corrected chi connectivity index (χ0v) is 9.79. The van der Waals surface area contributed by atoms with Crippen LogP contribution in [-0.4, -0.2) is 41.2 Å². The van der Waals surface area contributed by atoms with Crippen LogP contribution in [0, 0.1) is 10.8 Å². The lowest BCUT2D eigenvalue weighted by Crippen LogP contribution is -2.36. The summed E-state index contributed by atoms with van der Waals surface area (Å²) in [6, 6.07) is -0.249. The number of hydrogen-bond donors (Lipinski definition) is 0. The van der Waals surface area contributed by atoms with Gasteiger partial charge in [-0.15, -0.1) is 11.6 Å². The summed E-state index contributed by atoms with van der Waals surface area (Å²) in [5.41, 5.74) is 0. The monoisotopic (exact) mass is 242 g/mol. The molecule has 1 atom stereocenters. The van der Waals surface area contributed by atoms with Gasteiger partial charge in [-0.05, 0) is 4.41 Å². The number of sulfonamides is 1. The van der Waals surface area contributed by atoms with Crippen molar-refractivity contribution in [2.24, 2.45) is 5.92 Å². The topological polar surface area (TPSA) is 60.7 Å². The first kappa shape index (κ1) is 11.7. The molecule has 0 spiro atoms. The molecule has 0 aromatic heterocycles. The van der Waals surface area contributed by atoms with Crippen LogP contribution in [0.15, 0.2) is 0 Å². The standard InChI is InChI=1S/C6H13ClN3O3S/c1-5(2)6-10(11)8(3)9(4-7)14(6,12)13/h5-6H,4H2,1-3H3/q+1. The minimum atomic E-state index is -3.63. The molecule has 0 amide bonds. The van der Waals surface area contributed by atoms with Gasteiger partial charge in [0.1, 0.15) is 6.00 Å². The van der Waals surface area contributed by atoms with E-state index in [4.69, 9.17) is 11.6 Å². The third-order valence-electron chi connectivity index (χ3n) is 2.10. The van der Waals surface area contributed by atoms with Crippen molar-refractivity contribution < 1.29 is 13.3 Å². The Morgan fingerprint density at radius 1 is 1.50 bits per heavy atom. The summed E-state index contributed by atoms with van der Waals surface area (Å²) in [5, 5.41) is -0.0984. The Hall–Kier alpha value is -0.400. The number of hydrazine groups is 2. The van der Waals surface area contributed by atoms with E-state index in [-0.39, 0.29) is 11.9 Å². The lowest BCUT2D eigenvalue weighted by molar-refractivity contribution is -0.730. The van der Waals surface area contributed by atoms with Gasteiger partial charge in [0.15, 0.2) is 4.87 Å². The first-order valence-electron chi connectivity index (χ1n) is 4.11. The number of nitrogens with zero attached hydrogens (tertiary/aromatic N) is 3. The van der Waals surface area contributed by atoms with Crippen LogP contribution < -0.4 is 0 Å². The Bertz CT molecular complexity index is 342. The van der Waals surface area contributed by atoms with Crippen LogP contribution in [-0.2, 0) is 10.0 Å². The molecule has 0 aromatic rings. The van der Waals surface area contributed by atoms with Crippen molar-refractivity contribution in [1.82, 2.24) is 9.53 Å². The van der Waals surface area contributed by atoms with Crippen molar-refractivity contribution >= 4 is 21.6 Å². The van der Waals surface area contributed by atoms with Crippen LogP contribution in [0.1, 0.15) is 13.8 Å². The molecule has 8 heteroatoms. The van der Waals surface area contributed by atoms with E-state index >= 15 is 0 Å². The van der Waals surface area contributed by atoms with Gasteiger partial charge in [-0.2, -0.15) is 0 Å². The Morgan fingerprint density at radius 3 is 2.21 bits per heavy atom. The molecule has 1 rings (SSSR count). The summed E-state index contributed by atoms with van der Waals surface area (Å²) in [6.45, 7) is 3.36. The van der Waals surface area contributed by atoms with Crippen LogP contribution in [0.25, 0.3) is 0 Å². The molecule has 0 bridgehead atoms. The summed E-state index contributed by atoms with van der Waals surface area (Å²) in [7, 11) is -2.26. The van der Waals surface area contributed by atoms with E-state index in [1.54, 1.807) is 13.8 Å². The lowest BCUT2D eigenvalue weighted by Gasteiger charge is -2.09. The largest absolute Gasteiger partial charge is 0.350 e. The minimum absolute atomic E-state index is 0.249. The second-order valence-corrected chi connectivity index (χ2v) is 5.59. The normalized spacial score (nSPS) is 27.6. The van der Waals surface area contributed by atoms with Gasteiger partial charge in [0.05, 0.1) is 12.0 Å². The van der Waals surface area contributed by atoms with Gasteiger partial charge in [-0.1, -0.05) is 19.0 Å². The van der Waals surface area contributed by atoms with Gasteiger partial charge in [0.2, 0.25) is 0 Å². The maximum absolute atomic E-state index is 11.7. The Morgan fingerprint density at radius 2 is 2.00 bits per heavy atom. The molecule has 1 fully saturated rings. The molecule has 1 saturated heterocycles. The van der Waals surface area contributed by atoms with E-state index in [2.05, 4.69) is 0 Å². The second-order valence-electron chi connectivity index (χ2n) is 3.41. The van der Waals surface area contributed by atoms with Gasteiger partial charge in [0, 0.05) is 5.92 Å². The summed E-state index contributed by atoms with van der Waals surface area (Å²) in [6.07, 6.45) is 0. The highest BCUT2D eigenvalue weighted by atomic mass is 35.5. The van der Waals surface area contributed by atoms with Gasteiger partial charge >= 0.3 is 15.4 Å². The van der Waals surface area contributed by atoms with E-state index in [1.807, 2.05) is 0 Å². The number of hydrogen-bond acceptors (Lipinski definition) is 3. The Kier molecular flexibility index (Phi) is 3.03. The highest BCUT2D eigenvalue weighted by Gasteiger charge is 2.58. The van der Waals surface area contributed by atoms with E-state index in [0.717, 1.165) is 9.53 Å². The molecule has 0 saturated carbocycles. The first-order chi connectivity index (χ1) is 6.34. The van der Waals surface area contributed by atoms with Crippen molar-refractivity contribution in [3.05, 3.63) is 4.91 Å². The number of rotatable bonds is 2. The lowest BCUT2D eigenvalue weighted by atomic mass is 10.2. The highest BCUT2D eigenvalue weighted by molar-refractivity contribution is 7.89. The molecule has 0 aromatic carbocycles. The van der Waals surface area contributed by atoms with E-state index in [1.165, 1.54) is 7.05 Å². The highest BCUT2D eigenvalue weighted by Crippen LogP contribution is 2.27. The smallest absolute Gasteiger partial charge is 0.203 e. The van der Waals surface area contributed by atoms with Gasteiger partial charge in [-0.3, -0.25) is 0 Å². The fourth-order valence-electron chi connectivity index (χ4n) is 1.41. The summed E-state index contributed by atoms with van der Waals surface area (Å²) < 4.78 is 24.3. The molecular formula is C6H13ClN3O3S+. The van der Waals surface area contributed by atoms with Gasteiger partial charge in [0.25, 0.3) is 0 Å². The Labute approximate surface area is 88.0 Å². The van der Waals surface area contributed by atoms with Crippen LogP contribution in [0.3, 0.4) is 0 Å². The third-order valence-corrected chi connectivity index (χ3v) is 4.75. The SMILES string of the molecule is CC(C)C1[N+](=O)N(C)N(CCl)S1(=O)=O. The van der Waals surface area contributed by atoms with Gasteiger partial charge in [-0.25, -0.2) is 8.42 Å². The summed E-state index contributed by atoms with van der Waals surface area (Å²) in [5.74, 6) is -0.284. The molecule has 0 radical (unpaired) electrons. The van der Waals surface area contributed by atoms with E-state index in [9.17, 15) is 13.3 Å². The predicted molar refractivity (Wildman–Crippen MR) is 51.5 cm³/mol. The third kappa shape index (κ3) is 1.49. The van der Waals surface area contributed by atoms with Crippen molar-refractivity contribution in [1.29, 1.82) is 0 Å². The molecule has 1 unspecified atom stereocenters. The summed E-state index contributed by atoms with van der Waals surface area (Å²) >= 11 is 5.46.